The smallest absolute Gasteiger partial charge is 0.238 e. The number of carbonyl (C=O) groups excluding carboxylic acids is 1. The maximum atomic E-state index is 13.2. The molecule has 0 saturated carbocycles. The lowest BCUT2D eigenvalue weighted by molar-refractivity contribution is -0.134. The van der Waals surface area contributed by atoms with Crippen molar-refractivity contribution in [1.82, 2.24) is 14.5 Å². The first-order valence-corrected chi connectivity index (χ1v) is 13.0. The summed E-state index contributed by atoms with van der Waals surface area (Å²) in [4.78, 5) is 20.0. The van der Waals surface area contributed by atoms with Gasteiger partial charge in [-0.1, -0.05) is 27.7 Å². The van der Waals surface area contributed by atoms with Crippen molar-refractivity contribution < 1.29 is 13.2 Å². The van der Waals surface area contributed by atoms with Crippen LogP contribution in [0.5, 0.6) is 0 Å². The van der Waals surface area contributed by atoms with Gasteiger partial charge in [0.25, 0.3) is 0 Å². The third-order valence-corrected chi connectivity index (χ3v) is 7.36. The van der Waals surface area contributed by atoms with Crippen LogP contribution in [-0.2, 0) is 27.8 Å². The van der Waals surface area contributed by atoms with Crippen molar-refractivity contribution in [2.75, 3.05) is 6.54 Å². The fraction of sp³-hybridized carbons (Fsp3) is 0.652. The summed E-state index contributed by atoms with van der Waals surface area (Å²) in [5.74, 6) is 2.10. The minimum Gasteiger partial charge on any atom is -0.339 e. The highest BCUT2D eigenvalue weighted by atomic mass is 32.2. The van der Waals surface area contributed by atoms with E-state index in [1.54, 1.807) is 6.07 Å². The van der Waals surface area contributed by atoms with Crippen molar-refractivity contribution in [2.45, 2.75) is 83.7 Å². The molecule has 2 unspecified atom stereocenters. The predicted octanol–water partition coefficient (Wildman–Crippen LogP) is 3.70. The van der Waals surface area contributed by atoms with Gasteiger partial charge in [-0.2, -0.15) is 0 Å². The minimum atomic E-state index is -3.78. The fourth-order valence-corrected chi connectivity index (χ4v) is 5.18. The summed E-state index contributed by atoms with van der Waals surface area (Å²) in [5, 5.41) is 5.28. The summed E-state index contributed by atoms with van der Waals surface area (Å²) in [6.45, 7) is 10.4. The Balaban J connectivity index is 1.83. The molecule has 0 radical (unpaired) electrons. The fourth-order valence-electron chi connectivity index (χ4n) is 4.65. The highest BCUT2D eigenvalue weighted by Gasteiger charge is 2.29. The molecule has 1 saturated heterocycles. The minimum absolute atomic E-state index is 0.0576. The van der Waals surface area contributed by atoms with Gasteiger partial charge in [0.2, 0.25) is 15.9 Å². The van der Waals surface area contributed by atoms with E-state index in [1.807, 2.05) is 0 Å². The number of hydrogen-bond acceptors (Lipinski definition) is 4. The van der Waals surface area contributed by atoms with Gasteiger partial charge in [0, 0.05) is 32.0 Å². The molecule has 3 rings (SSSR count). The van der Waals surface area contributed by atoms with Crippen molar-refractivity contribution in [1.29, 1.82) is 0 Å². The number of nitrogens with zero attached hydrogens (tertiary/aromatic N) is 3. The number of carbonyl (C=O) groups is 1. The number of nitrogens with two attached hydrogens (primary N) is 1. The van der Waals surface area contributed by atoms with Crippen LogP contribution in [0, 0.1) is 11.8 Å². The van der Waals surface area contributed by atoms with E-state index in [-0.39, 0.29) is 10.8 Å². The number of rotatable bonds is 7. The van der Waals surface area contributed by atoms with Gasteiger partial charge in [-0.05, 0) is 55.7 Å². The summed E-state index contributed by atoms with van der Waals surface area (Å²) in [6.07, 6.45) is 5.16. The van der Waals surface area contributed by atoms with Crippen LogP contribution in [0.15, 0.2) is 23.1 Å². The Bertz CT molecular complexity index is 1030. The van der Waals surface area contributed by atoms with Gasteiger partial charge >= 0.3 is 0 Å². The molecule has 0 bridgehead atoms. The SMILES string of the molecule is CCCn1c(CCC(=O)N2CCC(C)CCC2C(C)C)nc2cc(S(N)(=O)=O)ccc21. The molecule has 2 atom stereocenters. The van der Waals surface area contributed by atoms with Gasteiger partial charge in [0.05, 0.1) is 15.9 Å². The standard InChI is InChI=1S/C23H36N4O3S/c1-5-13-26-21-9-7-18(31(24,29)30)15-19(21)25-22(26)10-11-23(28)27-14-12-17(4)6-8-20(27)16(2)3/h7,9,15-17,20H,5-6,8,10-14H2,1-4H3,(H2,24,29,30). The van der Waals surface area contributed by atoms with Crippen LogP contribution in [-0.4, -0.2) is 41.4 Å². The summed E-state index contributed by atoms with van der Waals surface area (Å²) in [7, 11) is -3.78. The molecule has 1 aromatic carbocycles. The predicted molar refractivity (Wildman–Crippen MR) is 123 cm³/mol. The van der Waals surface area contributed by atoms with E-state index < -0.39 is 10.0 Å². The van der Waals surface area contributed by atoms with Crippen LogP contribution >= 0.6 is 0 Å². The number of aromatic nitrogens is 2. The number of hydrogen-bond donors (Lipinski definition) is 1. The summed E-state index contributed by atoms with van der Waals surface area (Å²) < 4.78 is 25.5. The normalized spacial score (nSPS) is 20.4. The Labute approximate surface area is 186 Å². The Hall–Kier alpha value is -1.93. The number of imidazole rings is 1. The summed E-state index contributed by atoms with van der Waals surface area (Å²) >= 11 is 0. The molecule has 1 aliphatic heterocycles. The quantitative estimate of drug-likeness (QED) is 0.698. The maximum absolute atomic E-state index is 13.2. The van der Waals surface area contributed by atoms with E-state index in [0.29, 0.717) is 36.2 Å². The third-order valence-electron chi connectivity index (χ3n) is 6.45. The summed E-state index contributed by atoms with van der Waals surface area (Å²) in [6, 6.07) is 5.09. The Kier molecular flexibility index (Phi) is 7.42. The van der Waals surface area contributed by atoms with Crippen LogP contribution in [0.1, 0.15) is 65.6 Å². The molecule has 1 fully saturated rings. The zero-order chi connectivity index (χ0) is 22.8. The number of amides is 1. The van der Waals surface area contributed by atoms with Gasteiger partial charge in [0.15, 0.2) is 0 Å². The number of fused-ring (bicyclic) bond motifs is 1. The van der Waals surface area contributed by atoms with Crippen LogP contribution in [0.25, 0.3) is 11.0 Å². The zero-order valence-electron chi connectivity index (χ0n) is 19.2. The molecule has 1 aromatic heterocycles. The van der Waals surface area contributed by atoms with Gasteiger partial charge in [-0.15, -0.1) is 0 Å². The second-order valence-electron chi connectivity index (χ2n) is 9.24. The molecular formula is C23H36N4O3S. The van der Waals surface area contributed by atoms with Crippen LogP contribution in [0.3, 0.4) is 0 Å². The average molecular weight is 449 g/mol. The van der Waals surface area contributed by atoms with E-state index in [4.69, 9.17) is 5.14 Å². The maximum Gasteiger partial charge on any atom is 0.238 e. The molecule has 0 aliphatic carbocycles. The van der Waals surface area contributed by atoms with Gasteiger partial charge in [0.1, 0.15) is 5.82 Å². The van der Waals surface area contributed by atoms with Gasteiger partial charge < -0.3 is 9.47 Å². The monoisotopic (exact) mass is 448 g/mol. The molecule has 172 valence electrons. The van der Waals surface area contributed by atoms with Crippen molar-refractivity contribution in [3.63, 3.8) is 0 Å². The lowest BCUT2D eigenvalue weighted by atomic mass is 9.95. The first-order valence-electron chi connectivity index (χ1n) is 11.4. The lowest BCUT2D eigenvalue weighted by Gasteiger charge is -2.33. The highest BCUT2D eigenvalue weighted by Crippen LogP contribution is 2.27. The van der Waals surface area contributed by atoms with E-state index in [0.717, 1.165) is 43.7 Å². The number of aryl methyl sites for hydroxylation is 2. The number of likely N-dealkylation sites (tertiary alicyclic amines) is 1. The van der Waals surface area contributed by atoms with Crippen LogP contribution in [0.4, 0.5) is 0 Å². The number of benzene rings is 1. The van der Waals surface area contributed by atoms with E-state index in [1.165, 1.54) is 18.6 Å². The van der Waals surface area contributed by atoms with Crippen molar-refractivity contribution >= 4 is 27.0 Å². The van der Waals surface area contributed by atoms with Crippen molar-refractivity contribution in [3.05, 3.63) is 24.0 Å². The Morgan fingerprint density at radius 3 is 2.65 bits per heavy atom. The largest absolute Gasteiger partial charge is 0.339 e. The first kappa shape index (κ1) is 23.7. The average Bonchev–Trinajstić information content (AvgIpc) is 2.91. The molecule has 2 N–H and O–H groups in total. The second-order valence-corrected chi connectivity index (χ2v) is 10.8. The molecule has 31 heavy (non-hydrogen) atoms. The molecule has 0 spiro atoms. The van der Waals surface area contributed by atoms with E-state index in [2.05, 4.69) is 42.1 Å². The number of primary sulfonamides is 1. The molecule has 2 aromatic rings. The van der Waals surface area contributed by atoms with E-state index >= 15 is 0 Å². The van der Waals surface area contributed by atoms with E-state index in [9.17, 15) is 13.2 Å². The lowest BCUT2D eigenvalue weighted by Crippen LogP contribution is -2.43. The molecule has 1 amide bonds. The second kappa shape index (κ2) is 9.69. The Morgan fingerprint density at radius 2 is 2.00 bits per heavy atom. The summed E-state index contributed by atoms with van der Waals surface area (Å²) in [5.41, 5.74) is 1.48. The highest BCUT2D eigenvalue weighted by molar-refractivity contribution is 7.89. The van der Waals surface area contributed by atoms with Gasteiger partial charge in [-0.25, -0.2) is 18.5 Å². The molecular weight excluding hydrogens is 412 g/mol. The van der Waals surface area contributed by atoms with Crippen molar-refractivity contribution in [2.24, 2.45) is 17.0 Å². The Morgan fingerprint density at radius 1 is 1.26 bits per heavy atom. The van der Waals surface area contributed by atoms with Crippen molar-refractivity contribution in [3.8, 4) is 0 Å². The zero-order valence-corrected chi connectivity index (χ0v) is 20.0. The number of sulfonamides is 1. The van der Waals surface area contributed by atoms with Crippen LogP contribution in [0.2, 0.25) is 0 Å². The van der Waals surface area contributed by atoms with Crippen LogP contribution < -0.4 is 5.14 Å². The first-order chi connectivity index (χ1) is 14.6. The molecule has 7 nitrogen and oxygen atoms in total. The third kappa shape index (κ3) is 5.47. The molecule has 1 aliphatic rings. The topological polar surface area (TPSA) is 98.3 Å². The van der Waals surface area contributed by atoms with Gasteiger partial charge in [-0.3, -0.25) is 4.79 Å². The molecule has 8 heteroatoms. The molecule has 2 heterocycles.